The summed E-state index contributed by atoms with van der Waals surface area (Å²) in [5, 5.41) is 12.1. The van der Waals surface area contributed by atoms with Gasteiger partial charge in [-0.2, -0.15) is 0 Å². The van der Waals surface area contributed by atoms with Crippen LogP contribution < -0.4 is 5.32 Å². The lowest BCUT2D eigenvalue weighted by molar-refractivity contribution is -0.143. The van der Waals surface area contributed by atoms with Crippen LogP contribution in [0.3, 0.4) is 0 Å². The van der Waals surface area contributed by atoms with E-state index in [4.69, 9.17) is 9.84 Å². The van der Waals surface area contributed by atoms with Crippen LogP contribution >= 0.6 is 31.9 Å². The first-order valence-electron chi connectivity index (χ1n) is 5.50. The highest BCUT2D eigenvalue weighted by Gasteiger charge is 2.36. The molecule has 0 aromatic heterocycles. The molecule has 2 N–H and O–H groups in total. The van der Waals surface area contributed by atoms with E-state index in [0.717, 1.165) is 14.5 Å². The van der Waals surface area contributed by atoms with Crippen LogP contribution in [0.5, 0.6) is 0 Å². The summed E-state index contributed by atoms with van der Waals surface area (Å²) in [6.45, 7) is 0. The predicted octanol–water partition coefficient (Wildman–Crippen LogP) is 2.74. The third-order valence-electron chi connectivity index (χ3n) is 3.03. The fraction of sp³-hybridized carbons (Fsp3) is 0.333. The second-order valence-corrected chi connectivity index (χ2v) is 5.97. The molecule has 0 radical (unpaired) electrons. The third-order valence-corrected chi connectivity index (χ3v) is 4.14. The number of anilines is 1. The molecule has 7 heteroatoms. The molecular formula is C12H11Br2NO4. The smallest absolute Gasteiger partial charge is 0.326 e. The van der Waals surface area contributed by atoms with Crippen LogP contribution in [-0.2, 0) is 14.3 Å². The van der Waals surface area contributed by atoms with Crippen molar-refractivity contribution in [3.05, 3.63) is 26.6 Å². The van der Waals surface area contributed by atoms with Gasteiger partial charge in [-0.15, -0.1) is 0 Å². The second-order valence-electron chi connectivity index (χ2n) is 4.20. The average Bonchev–Trinajstić information content (AvgIpc) is 2.35. The van der Waals surface area contributed by atoms with Gasteiger partial charge in [-0.3, -0.25) is 4.79 Å². The molecule has 2 atom stereocenters. The zero-order chi connectivity index (χ0) is 14.2. The molecule has 1 aliphatic rings. The number of hydrogen-bond acceptors (Lipinski definition) is 4. The first-order chi connectivity index (χ1) is 8.93. The van der Waals surface area contributed by atoms with Gasteiger partial charge in [0.1, 0.15) is 6.04 Å². The molecule has 0 fully saturated rings. The van der Waals surface area contributed by atoms with Gasteiger partial charge < -0.3 is 15.2 Å². The highest BCUT2D eigenvalue weighted by atomic mass is 79.9. The van der Waals surface area contributed by atoms with Crippen molar-refractivity contribution in [2.45, 2.75) is 18.4 Å². The third kappa shape index (κ3) is 2.76. The van der Waals surface area contributed by atoms with Crippen molar-refractivity contribution < 1.29 is 19.4 Å². The van der Waals surface area contributed by atoms with Crippen LogP contribution in [0.15, 0.2) is 21.1 Å². The maximum absolute atomic E-state index is 11.9. The highest BCUT2D eigenvalue weighted by Crippen LogP contribution is 2.41. The molecule has 0 aliphatic carbocycles. The number of benzene rings is 1. The van der Waals surface area contributed by atoms with E-state index < -0.39 is 23.9 Å². The summed E-state index contributed by atoms with van der Waals surface area (Å²) in [5.41, 5.74) is 1.35. The largest absolute Gasteiger partial charge is 0.480 e. The summed E-state index contributed by atoms with van der Waals surface area (Å²) >= 11 is 6.74. The summed E-state index contributed by atoms with van der Waals surface area (Å²) in [6, 6.07) is 2.76. The van der Waals surface area contributed by atoms with Crippen LogP contribution in [0.25, 0.3) is 0 Å². The van der Waals surface area contributed by atoms with Crippen molar-refractivity contribution in [2.24, 2.45) is 0 Å². The van der Waals surface area contributed by atoms with Gasteiger partial charge in [0.05, 0.1) is 13.0 Å². The fourth-order valence-electron chi connectivity index (χ4n) is 2.18. The number of carboxylic acids is 1. The highest BCUT2D eigenvalue weighted by molar-refractivity contribution is 9.11. The SMILES string of the molecule is COC(=O)[C@@H]1C[C@H](C(=O)O)Nc2cc(Br)cc(Br)c21. The first-order valence-corrected chi connectivity index (χ1v) is 7.08. The molecule has 1 aromatic rings. The topological polar surface area (TPSA) is 75.6 Å². The van der Waals surface area contributed by atoms with E-state index in [9.17, 15) is 9.59 Å². The Kier molecular flexibility index (Phi) is 4.15. The predicted molar refractivity (Wildman–Crippen MR) is 76.3 cm³/mol. The summed E-state index contributed by atoms with van der Waals surface area (Å²) < 4.78 is 6.30. The summed E-state index contributed by atoms with van der Waals surface area (Å²) in [7, 11) is 1.30. The second kappa shape index (κ2) is 5.50. The van der Waals surface area contributed by atoms with E-state index in [2.05, 4.69) is 37.2 Å². The number of halogens is 2. The van der Waals surface area contributed by atoms with E-state index in [1.807, 2.05) is 6.07 Å². The maximum Gasteiger partial charge on any atom is 0.326 e. The zero-order valence-electron chi connectivity index (χ0n) is 9.94. The van der Waals surface area contributed by atoms with Crippen LogP contribution in [0, 0.1) is 0 Å². The molecule has 1 aromatic carbocycles. The van der Waals surface area contributed by atoms with Gasteiger partial charge in [-0.1, -0.05) is 31.9 Å². The molecule has 0 saturated heterocycles. The van der Waals surface area contributed by atoms with Gasteiger partial charge in [0.25, 0.3) is 0 Å². The Morgan fingerprint density at radius 1 is 1.42 bits per heavy atom. The molecule has 2 rings (SSSR count). The molecule has 1 aliphatic heterocycles. The Hall–Kier alpha value is -1.08. The van der Waals surface area contributed by atoms with E-state index >= 15 is 0 Å². The van der Waals surface area contributed by atoms with Crippen LogP contribution in [0.2, 0.25) is 0 Å². The molecule has 19 heavy (non-hydrogen) atoms. The number of nitrogens with one attached hydrogen (secondary N) is 1. The van der Waals surface area contributed by atoms with Gasteiger partial charge in [0.2, 0.25) is 0 Å². The minimum absolute atomic E-state index is 0.162. The number of carbonyl (C=O) groups is 2. The molecule has 0 bridgehead atoms. The van der Waals surface area contributed by atoms with Crippen LogP contribution in [-0.4, -0.2) is 30.2 Å². The standard InChI is InChI=1S/C12H11Br2NO4/c1-19-12(18)6-4-9(11(16)17)15-8-3-5(13)2-7(14)10(6)8/h2-3,6,9,15H,4H2,1H3,(H,16,17)/t6-,9-/m1/s1. The van der Waals surface area contributed by atoms with Gasteiger partial charge in [0.15, 0.2) is 0 Å². The quantitative estimate of drug-likeness (QED) is 0.757. The van der Waals surface area contributed by atoms with Crippen molar-refractivity contribution in [2.75, 3.05) is 12.4 Å². The Labute approximate surface area is 126 Å². The number of methoxy groups -OCH3 is 1. The number of carbonyl (C=O) groups excluding carboxylic acids is 1. The van der Waals surface area contributed by atoms with E-state index in [-0.39, 0.29) is 6.42 Å². The zero-order valence-corrected chi connectivity index (χ0v) is 13.1. The molecule has 0 spiro atoms. The Balaban J connectivity index is 2.53. The summed E-state index contributed by atoms with van der Waals surface area (Å²) in [5.74, 6) is -2.02. The van der Waals surface area contributed by atoms with Gasteiger partial charge in [0, 0.05) is 20.2 Å². The number of fused-ring (bicyclic) bond motifs is 1. The lowest BCUT2D eigenvalue weighted by Gasteiger charge is -2.30. The number of hydrogen-bond donors (Lipinski definition) is 2. The van der Waals surface area contributed by atoms with E-state index in [1.54, 1.807) is 6.07 Å². The van der Waals surface area contributed by atoms with Crippen molar-refractivity contribution in [1.82, 2.24) is 0 Å². The molecule has 1 heterocycles. The fourth-order valence-corrected chi connectivity index (χ4v) is 3.68. The Morgan fingerprint density at radius 3 is 2.68 bits per heavy atom. The monoisotopic (exact) mass is 391 g/mol. The van der Waals surface area contributed by atoms with Gasteiger partial charge in [-0.05, 0) is 18.6 Å². The molecule has 0 saturated carbocycles. The Morgan fingerprint density at radius 2 is 2.11 bits per heavy atom. The number of esters is 1. The number of carboxylic acid groups (broad SMARTS) is 1. The van der Waals surface area contributed by atoms with Gasteiger partial charge >= 0.3 is 11.9 Å². The Bertz CT molecular complexity index is 547. The summed E-state index contributed by atoms with van der Waals surface area (Å²) in [4.78, 5) is 23.0. The minimum Gasteiger partial charge on any atom is -0.480 e. The summed E-state index contributed by atoms with van der Waals surface area (Å²) in [6.07, 6.45) is 0.162. The molecule has 0 amide bonds. The lowest BCUT2D eigenvalue weighted by Crippen LogP contribution is -2.37. The normalized spacial score (nSPS) is 21.2. The molecular weight excluding hydrogens is 382 g/mol. The lowest BCUT2D eigenvalue weighted by atomic mass is 9.87. The van der Waals surface area contributed by atoms with Crippen molar-refractivity contribution >= 4 is 49.5 Å². The van der Waals surface area contributed by atoms with E-state index in [0.29, 0.717) is 5.69 Å². The van der Waals surface area contributed by atoms with E-state index in [1.165, 1.54) is 7.11 Å². The number of rotatable bonds is 2. The van der Waals surface area contributed by atoms with Crippen LogP contribution in [0.1, 0.15) is 17.9 Å². The number of aliphatic carboxylic acids is 1. The maximum atomic E-state index is 11.9. The average molecular weight is 393 g/mol. The molecule has 102 valence electrons. The van der Waals surface area contributed by atoms with Crippen molar-refractivity contribution in [3.63, 3.8) is 0 Å². The molecule has 0 unspecified atom stereocenters. The van der Waals surface area contributed by atoms with Crippen molar-refractivity contribution in [3.8, 4) is 0 Å². The van der Waals surface area contributed by atoms with Gasteiger partial charge in [-0.25, -0.2) is 4.79 Å². The van der Waals surface area contributed by atoms with Crippen molar-refractivity contribution in [1.29, 1.82) is 0 Å². The minimum atomic E-state index is -0.990. The molecule has 5 nitrogen and oxygen atoms in total. The van der Waals surface area contributed by atoms with Crippen LogP contribution in [0.4, 0.5) is 5.69 Å². The first kappa shape index (κ1) is 14.3. The number of ether oxygens (including phenoxy) is 1.